The molecular weight excluding hydrogens is 310 g/mol. The zero-order valence-electron chi connectivity index (χ0n) is 10.7. The standard InChI is InChI=1S/C14H18BrNO3/c15-11-6-8-4-2-1-3-5-9(8)12(13(11)17)10(7-16)14(18)19/h6,10,17H,1-5,7,16H2,(H,18,19). The average molecular weight is 328 g/mol. The maximum atomic E-state index is 11.4. The first kappa shape index (κ1) is 14.3. The fourth-order valence-corrected chi connectivity index (χ4v) is 3.27. The molecule has 0 saturated carbocycles. The molecule has 0 aromatic heterocycles. The molecule has 104 valence electrons. The minimum Gasteiger partial charge on any atom is -0.506 e. The van der Waals surface area contributed by atoms with Crippen molar-refractivity contribution in [2.24, 2.45) is 5.73 Å². The first-order chi connectivity index (χ1) is 9.06. The van der Waals surface area contributed by atoms with Crippen molar-refractivity contribution in [3.05, 3.63) is 27.2 Å². The Morgan fingerprint density at radius 3 is 2.68 bits per heavy atom. The minimum absolute atomic E-state index is 0.00815. The summed E-state index contributed by atoms with van der Waals surface area (Å²) < 4.78 is 0.558. The number of carboxylic acid groups (broad SMARTS) is 1. The number of hydrogen-bond acceptors (Lipinski definition) is 3. The predicted octanol–water partition coefficient (Wildman–Crippen LogP) is 2.55. The Morgan fingerprint density at radius 2 is 2.05 bits per heavy atom. The van der Waals surface area contributed by atoms with E-state index in [1.54, 1.807) is 0 Å². The van der Waals surface area contributed by atoms with E-state index in [1.807, 2.05) is 6.07 Å². The van der Waals surface area contributed by atoms with E-state index in [1.165, 1.54) is 0 Å². The van der Waals surface area contributed by atoms with Crippen LogP contribution in [0.15, 0.2) is 10.5 Å². The van der Waals surface area contributed by atoms with Gasteiger partial charge in [-0.3, -0.25) is 4.79 Å². The normalized spacial score (nSPS) is 16.5. The molecule has 1 aliphatic rings. The van der Waals surface area contributed by atoms with E-state index in [4.69, 9.17) is 5.73 Å². The van der Waals surface area contributed by atoms with Gasteiger partial charge in [0.2, 0.25) is 0 Å². The van der Waals surface area contributed by atoms with Gasteiger partial charge in [0.15, 0.2) is 0 Å². The van der Waals surface area contributed by atoms with Crippen LogP contribution < -0.4 is 5.73 Å². The van der Waals surface area contributed by atoms with E-state index in [0.717, 1.165) is 43.2 Å². The van der Waals surface area contributed by atoms with E-state index < -0.39 is 11.9 Å². The summed E-state index contributed by atoms with van der Waals surface area (Å²) in [6, 6.07) is 1.91. The minimum atomic E-state index is -0.984. The van der Waals surface area contributed by atoms with Gasteiger partial charge in [-0.15, -0.1) is 0 Å². The topological polar surface area (TPSA) is 83.6 Å². The van der Waals surface area contributed by atoms with E-state index in [-0.39, 0.29) is 12.3 Å². The Labute approximate surface area is 120 Å². The molecule has 4 nitrogen and oxygen atoms in total. The highest BCUT2D eigenvalue weighted by molar-refractivity contribution is 9.10. The highest BCUT2D eigenvalue weighted by atomic mass is 79.9. The summed E-state index contributed by atoms with van der Waals surface area (Å²) in [5.41, 5.74) is 8.21. The number of aliphatic carboxylic acids is 1. The van der Waals surface area contributed by atoms with Crippen LogP contribution in [0.25, 0.3) is 0 Å². The maximum absolute atomic E-state index is 11.4. The summed E-state index contributed by atoms with van der Waals surface area (Å²) in [5, 5.41) is 19.5. The fraction of sp³-hybridized carbons (Fsp3) is 0.500. The van der Waals surface area contributed by atoms with Crippen LogP contribution in [0.5, 0.6) is 5.75 Å². The van der Waals surface area contributed by atoms with Crippen LogP contribution in [-0.2, 0) is 17.6 Å². The number of rotatable bonds is 3. The Morgan fingerprint density at radius 1 is 1.37 bits per heavy atom. The zero-order chi connectivity index (χ0) is 14.0. The van der Waals surface area contributed by atoms with Gasteiger partial charge >= 0.3 is 5.97 Å². The van der Waals surface area contributed by atoms with Crippen molar-refractivity contribution >= 4 is 21.9 Å². The third-order valence-electron chi connectivity index (χ3n) is 3.75. The van der Waals surface area contributed by atoms with Gasteiger partial charge in [-0.05, 0) is 58.8 Å². The molecular formula is C14H18BrNO3. The third kappa shape index (κ3) is 2.77. The molecule has 0 radical (unpaired) electrons. The molecule has 0 aliphatic heterocycles. The molecule has 1 unspecified atom stereocenters. The van der Waals surface area contributed by atoms with Gasteiger partial charge in [0.05, 0.1) is 10.4 Å². The number of aromatic hydroxyl groups is 1. The number of benzene rings is 1. The van der Waals surface area contributed by atoms with Crippen LogP contribution >= 0.6 is 15.9 Å². The number of aryl methyl sites for hydroxylation is 1. The number of phenolic OH excluding ortho intramolecular Hbond substituents is 1. The number of hydrogen-bond donors (Lipinski definition) is 3. The molecule has 1 aromatic rings. The molecule has 0 amide bonds. The lowest BCUT2D eigenvalue weighted by molar-refractivity contribution is -0.138. The zero-order valence-corrected chi connectivity index (χ0v) is 12.2. The van der Waals surface area contributed by atoms with Gasteiger partial charge in [-0.1, -0.05) is 6.42 Å². The molecule has 1 aliphatic carbocycles. The molecule has 5 heteroatoms. The number of carbonyl (C=O) groups is 1. The number of halogens is 1. The predicted molar refractivity (Wildman–Crippen MR) is 76.5 cm³/mol. The van der Waals surface area contributed by atoms with E-state index >= 15 is 0 Å². The van der Waals surface area contributed by atoms with Gasteiger partial charge in [0.1, 0.15) is 5.75 Å². The lowest BCUT2D eigenvalue weighted by Crippen LogP contribution is -2.23. The van der Waals surface area contributed by atoms with E-state index in [2.05, 4.69) is 15.9 Å². The summed E-state index contributed by atoms with van der Waals surface area (Å²) in [4.78, 5) is 11.4. The summed E-state index contributed by atoms with van der Waals surface area (Å²) in [6.07, 6.45) is 5.00. The second-order valence-corrected chi connectivity index (χ2v) is 5.80. The highest BCUT2D eigenvalue weighted by Crippen LogP contribution is 2.40. The number of nitrogens with two attached hydrogens (primary N) is 1. The lowest BCUT2D eigenvalue weighted by Gasteiger charge is -2.20. The van der Waals surface area contributed by atoms with Crippen molar-refractivity contribution in [3.63, 3.8) is 0 Å². The smallest absolute Gasteiger partial charge is 0.312 e. The SMILES string of the molecule is NCC(C(=O)O)c1c(O)c(Br)cc2c1CCCCC2. The van der Waals surface area contributed by atoms with Gasteiger partial charge in [-0.2, -0.15) is 0 Å². The number of phenols is 1. The number of fused-ring (bicyclic) bond motifs is 1. The molecule has 0 saturated heterocycles. The number of carboxylic acids is 1. The maximum Gasteiger partial charge on any atom is 0.312 e. The average Bonchev–Trinajstić information content (AvgIpc) is 2.59. The Balaban J connectivity index is 2.62. The van der Waals surface area contributed by atoms with Crippen LogP contribution in [0.2, 0.25) is 0 Å². The van der Waals surface area contributed by atoms with Gasteiger partial charge in [0, 0.05) is 12.1 Å². The van der Waals surface area contributed by atoms with E-state index in [0.29, 0.717) is 10.0 Å². The summed E-state index contributed by atoms with van der Waals surface area (Å²) in [7, 11) is 0. The summed E-state index contributed by atoms with van der Waals surface area (Å²) >= 11 is 3.31. The van der Waals surface area contributed by atoms with Crippen molar-refractivity contribution in [1.29, 1.82) is 0 Å². The van der Waals surface area contributed by atoms with Crippen LogP contribution in [0.4, 0.5) is 0 Å². The molecule has 4 N–H and O–H groups in total. The van der Waals surface area contributed by atoms with Crippen LogP contribution in [0.3, 0.4) is 0 Å². The molecule has 0 bridgehead atoms. The Kier molecular flexibility index (Phi) is 4.47. The van der Waals surface area contributed by atoms with Crippen LogP contribution in [0, 0.1) is 0 Å². The third-order valence-corrected chi connectivity index (χ3v) is 4.35. The Hall–Kier alpha value is -1.07. The quantitative estimate of drug-likeness (QED) is 0.745. The van der Waals surface area contributed by atoms with Crippen molar-refractivity contribution in [2.45, 2.75) is 38.0 Å². The molecule has 1 atom stereocenters. The van der Waals surface area contributed by atoms with Gasteiger partial charge in [-0.25, -0.2) is 0 Å². The molecule has 19 heavy (non-hydrogen) atoms. The second-order valence-electron chi connectivity index (χ2n) is 4.95. The van der Waals surface area contributed by atoms with Crippen LogP contribution in [-0.4, -0.2) is 22.7 Å². The van der Waals surface area contributed by atoms with E-state index in [9.17, 15) is 15.0 Å². The first-order valence-electron chi connectivity index (χ1n) is 6.52. The first-order valence-corrected chi connectivity index (χ1v) is 7.31. The van der Waals surface area contributed by atoms with Crippen molar-refractivity contribution in [3.8, 4) is 5.75 Å². The van der Waals surface area contributed by atoms with Crippen LogP contribution in [0.1, 0.15) is 41.9 Å². The molecule has 0 heterocycles. The summed E-state index contributed by atoms with van der Waals surface area (Å²) in [5.74, 6) is -1.80. The summed E-state index contributed by atoms with van der Waals surface area (Å²) in [6.45, 7) is -0.00815. The van der Waals surface area contributed by atoms with Crippen molar-refractivity contribution < 1.29 is 15.0 Å². The fourth-order valence-electron chi connectivity index (χ4n) is 2.78. The van der Waals surface area contributed by atoms with Gasteiger partial charge in [0.25, 0.3) is 0 Å². The molecule has 0 fully saturated rings. The highest BCUT2D eigenvalue weighted by Gasteiger charge is 2.28. The molecule has 0 spiro atoms. The monoisotopic (exact) mass is 327 g/mol. The largest absolute Gasteiger partial charge is 0.506 e. The van der Waals surface area contributed by atoms with Crippen molar-refractivity contribution in [2.75, 3.05) is 6.54 Å². The van der Waals surface area contributed by atoms with Crippen molar-refractivity contribution in [1.82, 2.24) is 0 Å². The molecule has 1 aromatic carbocycles. The second kappa shape index (κ2) is 5.92. The molecule has 2 rings (SSSR count). The lowest BCUT2D eigenvalue weighted by atomic mass is 9.88. The van der Waals surface area contributed by atoms with Gasteiger partial charge < -0.3 is 15.9 Å². The Bertz CT molecular complexity index is 502.